The smallest absolute Gasteiger partial charge is 0.349 e. The van der Waals surface area contributed by atoms with E-state index in [4.69, 9.17) is 9.15 Å². The van der Waals surface area contributed by atoms with Crippen LogP contribution in [0.2, 0.25) is 0 Å². The van der Waals surface area contributed by atoms with E-state index in [1.54, 1.807) is 35.8 Å². The zero-order chi connectivity index (χ0) is 21.3. The van der Waals surface area contributed by atoms with Crippen LogP contribution in [-0.2, 0) is 16.1 Å². The van der Waals surface area contributed by atoms with Crippen molar-refractivity contribution < 1.29 is 18.7 Å². The summed E-state index contributed by atoms with van der Waals surface area (Å²) in [7, 11) is 0. The van der Waals surface area contributed by atoms with Crippen molar-refractivity contribution in [2.45, 2.75) is 20.4 Å². The highest BCUT2D eigenvalue weighted by molar-refractivity contribution is 7.16. The van der Waals surface area contributed by atoms with Gasteiger partial charge in [-0.15, -0.1) is 0 Å². The minimum atomic E-state index is -0.753. The summed E-state index contributed by atoms with van der Waals surface area (Å²) in [6, 6.07) is 14.1. The molecule has 2 aromatic heterocycles. The maximum Gasteiger partial charge on any atom is 0.349 e. The Balaban J connectivity index is 1.87. The number of fused-ring (bicyclic) bond motifs is 2. The van der Waals surface area contributed by atoms with Crippen molar-refractivity contribution >= 4 is 44.4 Å². The molecule has 1 amide bonds. The van der Waals surface area contributed by atoms with Crippen molar-refractivity contribution in [1.82, 2.24) is 4.57 Å². The highest BCUT2D eigenvalue weighted by Crippen LogP contribution is 2.21. The van der Waals surface area contributed by atoms with Crippen molar-refractivity contribution in [3.8, 4) is 0 Å². The highest BCUT2D eigenvalue weighted by Gasteiger charge is 2.17. The first-order valence-corrected chi connectivity index (χ1v) is 10.2. The summed E-state index contributed by atoms with van der Waals surface area (Å²) in [5.41, 5.74) is 1.22. The van der Waals surface area contributed by atoms with Crippen molar-refractivity contribution in [2.24, 2.45) is 4.99 Å². The number of nitrogens with zero attached hydrogens (tertiary/aromatic N) is 2. The van der Waals surface area contributed by atoms with E-state index in [1.807, 2.05) is 25.1 Å². The van der Waals surface area contributed by atoms with E-state index in [-0.39, 0.29) is 18.7 Å². The van der Waals surface area contributed by atoms with Crippen LogP contribution in [0.15, 0.2) is 62.7 Å². The molecule has 152 valence electrons. The summed E-state index contributed by atoms with van der Waals surface area (Å²) < 4.78 is 12.8. The molecule has 0 saturated carbocycles. The Morgan fingerprint density at radius 2 is 1.97 bits per heavy atom. The van der Waals surface area contributed by atoms with Gasteiger partial charge in [0, 0.05) is 5.39 Å². The average molecular weight is 422 g/mol. The summed E-state index contributed by atoms with van der Waals surface area (Å²) in [6.45, 7) is 3.81. The van der Waals surface area contributed by atoms with Crippen LogP contribution < -0.4 is 10.4 Å². The fraction of sp³-hybridized carbons (Fsp3) is 0.182. The number of benzene rings is 2. The number of esters is 1. The van der Waals surface area contributed by atoms with Gasteiger partial charge in [0.25, 0.3) is 5.91 Å². The normalized spacial score (nSPS) is 11.9. The quantitative estimate of drug-likeness (QED) is 0.371. The Morgan fingerprint density at radius 3 is 2.77 bits per heavy atom. The molecule has 2 heterocycles. The lowest BCUT2D eigenvalue weighted by atomic mass is 10.2. The Labute approximate surface area is 174 Å². The molecule has 0 atom stereocenters. The van der Waals surface area contributed by atoms with E-state index in [9.17, 15) is 14.4 Å². The molecule has 30 heavy (non-hydrogen) atoms. The number of thiazole rings is 1. The fourth-order valence-corrected chi connectivity index (χ4v) is 4.34. The van der Waals surface area contributed by atoms with Gasteiger partial charge in [0.15, 0.2) is 4.80 Å². The van der Waals surface area contributed by atoms with Gasteiger partial charge >= 0.3 is 11.6 Å². The third-order valence-electron chi connectivity index (χ3n) is 4.56. The van der Waals surface area contributed by atoms with Gasteiger partial charge in [-0.25, -0.2) is 4.79 Å². The molecule has 0 bridgehead atoms. The van der Waals surface area contributed by atoms with E-state index in [2.05, 4.69) is 4.99 Å². The maximum absolute atomic E-state index is 12.9. The van der Waals surface area contributed by atoms with Crippen LogP contribution in [0.5, 0.6) is 0 Å². The number of aryl methyl sites for hydroxylation is 1. The van der Waals surface area contributed by atoms with Crippen LogP contribution in [-0.4, -0.2) is 23.1 Å². The minimum absolute atomic E-state index is 0.0862. The fourth-order valence-electron chi connectivity index (χ4n) is 3.23. The number of hydrogen-bond donors (Lipinski definition) is 0. The Kier molecular flexibility index (Phi) is 5.33. The Morgan fingerprint density at radius 1 is 1.17 bits per heavy atom. The molecule has 0 N–H and O–H groups in total. The van der Waals surface area contributed by atoms with Gasteiger partial charge in [0.2, 0.25) is 0 Å². The van der Waals surface area contributed by atoms with Gasteiger partial charge in [-0.1, -0.05) is 41.7 Å². The number of amides is 1. The lowest BCUT2D eigenvalue weighted by Gasteiger charge is -2.06. The maximum atomic E-state index is 12.9. The van der Waals surface area contributed by atoms with E-state index in [0.29, 0.717) is 15.8 Å². The van der Waals surface area contributed by atoms with Crippen LogP contribution in [0.25, 0.3) is 21.2 Å². The topological polar surface area (TPSA) is 90.9 Å². The molecule has 0 spiro atoms. The molecule has 4 rings (SSSR count). The first-order valence-electron chi connectivity index (χ1n) is 9.34. The molecular formula is C22H18N2O5S. The molecule has 4 aromatic rings. The second-order valence-electron chi connectivity index (χ2n) is 6.60. The molecule has 0 fully saturated rings. The van der Waals surface area contributed by atoms with E-state index >= 15 is 0 Å². The third-order valence-corrected chi connectivity index (χ3v) is 5.61. The number of carbonyl (C=O) groups is 2. The molecule has 2 aromatic carbocycles. The lowest BCUT2D eigenvalue weighted by Crippen LogP contribution is -2.24. The van der Waals surface area contributed by atoms with Crippen molar-refractivity contribution in [1.29, 1.82) is 0 Å². The summed E-state index contributed by atoms with van der Waals surface area (Å²) in [5.74, 6) is -1.16. The molecule has 7 nitrogen and oxygen atoms in total. The van der Waals surface area contributed by atoms with Gasteiger partial charge < -0.3 is 13.7 Å². The summed E-state index contributed by atoms with van der Waals surface area (Å²) in [6.07, 6.45) is 0. The number of aromatic nitrogens is 1. The van der Waals surface area contributed by atoms with Crippen LogP contribution in [0.4, 0.5) is 0 Å². The standard InChI is InChI=1S/C22H18N2O5S/c1-3-28-18(25)12-24-19-13(2)7-6-10-17(19)30-22(24)23-20(26)15-11-14-8-4-5-9-16(14)29-21(15)27/h4-11H,3,12H2,1-2H3. The largest absolute Gasteiger partial charge is 0.465 e. The minimum Gasteiger partial charge on any atom is -0.465 e. The SMILES string of the molecule is CCOC(=O)Cn1c(=NC(=O)c2cc3ccccc3oc2=O)sc2cccc(C)c21. The predicted molar refractivity (Wildman–Crippen MR) is 114 cm³/mol. The Bertz CT molecular complexity index is 1410. The average Bonchev–Trinajstić information content (AvgIpc) is 3.05. The van der Waals surface area contributed by atoms with Gasteiger partial charge in [0.1, 0.15) is 17.7 Å². The van der Waals surface area contributed by atoms with E-state index < -0.39 is 17.5 Å². The molecule has 0 saturated heterocycles. The zero-order valence-corrected chi connectivity index (χ0v) is 17.2. The number of para-hydroxylation sites is 2. The van der Waals surface area contributed by atoms with Crippen LogP contribution in [0.1, 0.15) is 22.8 Å². The number of ether oxygens (including phenoxy) is 1. The van der Waals surface area contributed by atoms with Gasteiger partial charge in [0.05, 0.1) is 16.8 Å². The second kappa shape index (κ2) is 8.08. The van der Waals surface area contributed by atoms with Crippen LogP contribution in [0.3, 0.4) is 0 Å². The first kappa shape index (κ1) is 19.8. The number of carbonyl (C=O) groups excluding carboxylic acids is 2. The molecule has 0 aliphatic heterocycles. The van der Waals surface area contributed by atoms with Crippen LogP contribution in [0, 0.1) is 6.92 Å². The molecular weight excluding hydrogens is 404 g/mol. The van der Waals surface area contributed by atoms with Gasteiger partial charge in [-0.2, -0.15) is 4.99 Å². The molecule has 0 aliphatic carbocycles. The summed E-state index contributed by atoms with van der Waals surface area (Å²) in [5, 5.41) is 0.627. The summed E-state index contributed by atoms with van der Waals surface area (Å²) in [4.78, 5) is 41.8. The number of rotatable bonds is 4. The number of hydrogen-bond acceptors (Lipinski definition) is 6. The molecule has 0 unspecified atom stereocenters. The lowest BCUT2D eigenvalue weighted by molar-refractivity contribution is -0.143. The van der Waals surface area contributed by atoms with Crippen LogP contribution >= 0.6 is 11.3 Å². The predicted octanol–water partition coefficient (Wildman–Crippen LogP) is 3.42. The van der Waals surface area contributed by atoms with Gasteiger partial charge in [-0.3, -0.25) is 9.59 Å². The second-order valence-corrected chi connectivity index (χ2v) is 7.61. The monoisotopic (exact) mass is 422 g/mol. The van der Waals surface area contributed by atoms with E-state index in [1.165, 1.54) is 17.4 Å². The Hall–Kier alpha value is -3.52. The van der Waals surface area contributed by atoms with Crippen molar-refractivity contribution in [3.63, 3.8) is 0 Å². The van der Waals surface area contributed by atoms with E-state index in [0.717, 1.165) is 15.8 Å². The zero-order valence-electron chi connectivity index (χ0n) is 16.4. The van der Waals surface area contributed by atoms with Crippen molar-refractivity contribution in [3.05, 3.63) is 74.9 Å². The highest BCUT2D eigenvalue weighted by atomic mass is 32.1. The van der Waals surface area contributed by atoms with Crippen molar-refractivity contribution in [2.75, 3.05) is 6.61 Å². The summed E-state index contributed by atoms with van der Waals surface area (Å²) >= 11 is 1.27. The molecule has 8 heteroatoms. The van der Waals surface area contributed by atoms with Gasteiger partial charge in [-0.05, 0) is 37.6 Å². The molecule has 0 radical (unpaired) electrons. The first-order chi connectivity index (χ1) is 14.5. The molecule has 0 aliphatic rings. The third kappa shape index (κ3) is 3.69.